The molecule has 2 N–H and O–H groups in total. The Morgan fingerprint density at radius 1 is 1.33 bits per heavy atom. The molecule has 0 unspecified atom stereocenters. The minimum atomic E-state index is 0.623. The average molecular weight is 215 g/mol. The van der Waals surface area contributed by atoms with Crippen molar-refractivity contribution in [1.29, 1.82) is 0 Å². The molecular formula is C11H25N3O. The van der Waals surface area contributed by atoms with Crippen molar-refractivity contribution in [2.75, 3.05) is 53.5 Å². The number of piperidine rings is 1. The Morgan fingerprint density at radius 2 is 2.00 bits per heavy atom. The summed E-state index contributed by atoms with van der Waals surface area (Å²) in [4.78, 5) is 4.82. The second-order valence-electron chi connectivity index (χ2n) is 4.42. The first-order valence-electron chi connectivity index (χ1n) is 5.90. The molecule has 1 saturated heterocycles. The maximum Gasteiger partial charge on any atom is 0.0594 e. The summed E-state index contributed by atoms with van der Waals surface area (Å²) in [5.74, 6) is 0. The quantitative estimate of drug-likeness (QED) is 0.633. The predicted octanol–water partition coefficient (Wildman–Crippen LogP) is -0.0123. The maximum absolute atomic E-state index is 5.39. The van der Waals surface area contributed by atoms with Crippen molar-refractivity contribution >= 4 is 0 Å². The lowest BCUT2D eigenvalue weighted by Gasteiger charge is -2.35. The summed E-state index contributed by atoms with van der Waals surface area (Å²) < 4.78 is 5.39. The summed E-state index contributed by atoms with van der Waals surface area (Å²) in [6, 6.07) is 0.739. The van der Waals surface area contributed by atoms with Crippen LogP contribution in [0.5, 0.6) is 0 Å². The van der Waals surface area contributed by atoms with Gasteiger partial charge in [0.1, 0.15) is 0 Å². The molecule has 0 aromatic rings. The molecule has 0 aromatic carbocycles. The number of nitrogens with two attached hydrogens (primary N) is 1. The number of likely N-dealkylation sites (N-methyl/N-ethyl adjacent to an activating group) is 1. The van der Waals surface area contributed by atoms with Gasteiger partial charge in [0, 0.05) is 19.1 Å². The molecule has 1 fully saturated rings. The van der Waals surface area contributed by atoms with E-state index in [1.165, 1.54) is 25.9 Å². The monoisotopic (exact) mass is 215 g/mol. The Balaban J connectivity index is 2.08. The van der Waals surface area contributed by atoms with Crippen molar-refractivity contribution in [2.45, 2.75) is 18.9 Å². The summed E-state index contributed by atoms with van der Waals surface area (Å²) in [5, 5.41) is 0. The molecule has 1 aliphatic heterocycles. The maximum atomic E-state index is 5.39. The number of rotatable bonds is 6. The highest BCUT2D eigenvalue weighted by Gasteiger charge is 2.19. The van der Waals surface area contributed by atoms with Gasteiger partial charge in [-0.05, 0) is 40.0 Å². The van der Waals surface area contributed by atoms with E-state index in [1.807, 2.05) is 0 Å². The lowest BCUT2D eigenvalue weighted by atomic mass is 10.0. The van der Waals surface area contributed by atoms with Gasteiger partial charge >= 0.3 is 0 Å². The van der Waals surface area contributed by atoms with Gasteiger partial charge in [-0.3, -0.25) is 0 Å². The molecule has 4 heteroatoms. The fraction of sp³-hybridized carbons (Fsp3) is 1.00. The molecule has 1 aliphatic rings. The highest BCUT2D eigenvalue weighted by atomic mass is 16.5. The highest BCUT2D eigenvalue weighted by Crippen LogP contribution is 2.13. The molecular weight excluding hydrogens is 190 g/mol. The minimum Gasteiger partial charge on any atom is -0.379 e. The lowest BCUT2D eigenvalue weighted by molar-refractivity contribution is 0.0841. The Kier molecular flexibility index (Phi) is 6.17. The van der Waals surface area contributed by atoms with Gasteiger partial charge in [0.2, 0.25) is 0 Å². The molecule has 1 rings (SSSR count). The minimum absolute atomic E-state index is 0.623. The Bertz CT molecular complexity index is 158. The van der Waals surface area contributed by atoms with Crippen LogP contribution in [0.2, 0.25) is 0 Å². The van der Waals surface area contributed by atoms with E-state index < -0.39 is 0 Å². The first-order chi connectivity index (χ1) is 7.24. The van der Waals surface area contributed by atoms with Crippen LogP contribution in [0, 0.1) is 0 Å². The molecule has 0 radical (unpaired) electrons. The van der Waals surface area contributed by atoms with Crippen LogP contribution < -0.4 is 5.73 Å². The van der Waals surface area contributed by atoms with E-state index >= 15 is 0 Å². The average Bonchev–Trinajstić information content (AvgIpc) is 2.25. The predicted molar refractivity (Wildman–Crippen MR) is 63.0 cm³/mol. The van der Waals surface area contributed by atoms with Crippen molar-refractivity contribution < 1.29 is 4.74 Å². The second kappa shape index (κ2) is 7.17. The highest BCUT2D eigenvalue weighted by molar-refractivity contribution is 4.76. The van der Waals surface area contributed by atoms with Crippen LogP contribution in [0.3, 0.4) is 0 Å². The zero-order chi connectivity index (χ0) is 11.1. The summed E-state index contributed by atoms with van der Waals surface area (Å²) in [6.45, 7) is 5.57. The van der Waals surface area contributed by atoms with E-state index in [0.29, 0.717) is 13.2 Å². The molecule has 0 aromatic heterocycles. The van der Waals surface area contributed by atoms with Crippen molar-refractivity contribution in [2.24, 2.45) is 5.73 Å². The SMILES string of the molecule is CN1CCC(N(C)CCOCCN)CC1. The largest absolute Gasteiger partial charge is 0.379 e. The smallest absolute Gasteiger partial charge is 0.0594 e. The van der Waals surface area contributed by atoms with E-state index in [0.717, 1.165) is 19.2 Å². The Morgan fingerprint density at radius 3 is 2.60 bits per heavy atom. The summed E-state index contributed by atoms with van der Waals surface area (Å²) in [6.07, 6.45) is 2.56. The van der Waals surface area contributed by atoms with Crippen LogP contribution in [0.1, 0.15) is 12.8 Å². The van der Waals surface area contributed by atoms with E-state index in [-0.39, 0.29) is 0 Å². The van der Waals surface area contributed by atoms with Gasteiger partial charge in [-0.25, -0.2) is 0 Å². The van der Waals surface area contributed by atoms with Crippen LogP contribution in [0.4, 0.5) is 0 Å². The van der Waals surface area contributed by atoms with Gasteiger partial charge in [0.15, 0.2) is 0 Å². The first-order valence-corrected chi connectivity index (χ1v) is 5.90. The molecule has 15 heavy (non-hydrogen) atoms. The molecule has 1 heterocycles. The zero-order valence-electron chi connectivity index (χ0n) is 10.1. The molecule has 0 amide bonds. The summed E-state index contributed by atoms with van der Waals surface area (Å²) >= 11 is 0. The second-order valence-corrected chi connectivity index (χ2v) is 4.42. The van der Waals surface area contributed by atoms with E-state index in [9.17, 15) is 0 Å². The van der Waals surface area contributed by atoms with Crippen molar-refractivity contribution in [1.82, 2.24) is 9.80 Å². The van der Waals surface area contributed by atoms with E-state index in [4.69, 9.17) is 10.5 Å². The number of hydrogen-bond acceptors (Lipinski definition) is 4. The van der Waals surface area contributed by atoms with Crippen molar-refractivity contribution in [3.63, 3.8) is 0 Å². The Hall–Kier alpha value is -0.160. The van der Waals surface area contributed by atoms with Gasteiger partial charge < -0.3 is 20.3 Å². The van der Waals surface area contributed by atoms with Gasteiger partial charge in [-0.15, -0.1) is 0 Å². The van der Waals surface area contributed by atoms with Crippen molar-refractivity contribution in [3.8, 4) is 0 Å². The van der Waals surface area contributed by atoms with Crippen LogP contribution in [-0.4, -0.2) is 69.3 Å². The number of hydrogen-bond donors (Lipinski definition) is 1. The standard InChI is InChI=1S/C11H25N3O/c1-13-6-3-11(4-7-13)14(2)8-10-15-9-5-12/h11H,3-10,12H2,1-2H3. The third-order valence-corrected chi connectivity index (χ3v) is 3.16. The fourth-order valence-corrected chi connectivity index (χ4v) is 2.01. The third kappa shape index (κ3) is 4.93. The normalized spacial score (nSPS) is 20.0. The molecule has 0 saturated carbocycles. The van der Waals surface area contributed by atoms with Crippen molar-refractivity contribution in [3.05, 3.63) is 0 Å². The van der Waals surface area contributed by atoms with E-state index in [2.05, 4.69) is 23.9 Å². The third-order valence-electron chi connectivity index (χ3n) is 3.16. The summed E-state index contributed by atoms with van der Waals surface area (Å²) in [5.41, 5.74) is 5.36. The molecule has 90 valence electrons. The van der Waals surface area contributed by atoms with Crippen LogP contribution >= 0.6 is 0 Å². The molecule has 0 spiro atoms. The first kappa shape index (κ1) is 12.9. The Labute approximate surface area is 93.4 Å². The zero-order valence-corrected chi connectivity index (χ0v) is 10.1. The molecule has 0 aliphatic carbocycles. The number of nitrogens with zero attached hydrogens (tertiary/aromatic N) is 2. The number of ether oxygens (including phenoxy) is 1. The van der Waals surface area contributed by atoms with E-state index in [1.54, 1.807) is 0 Å². The summed E-state index contributed by atoms with van der Waals surface area (Å²) in [7, 11) is 4.39. The van der Waals surface area contributed by atoms with Gasteiger partial charge in [-0.2, -0.15) is 0 Å². The number of likely N-dealkylation sites (tertiary alicyclic amines) is 1. The van der Waals surface area contributed by atoms with Crippen LogP contribution in [0.15, 0.2) is 0 Å². The van der Waals surface area contributed by atoms with Gasteiger partial charge in [0.25, 0.3) is 0 Å². The van der Waals surface area contributed by atoms with Gasteiger partial charge in [-0.1, -0.05) is 0 Å². The van der Waals surface area contributed by atoms with Crippen LogP contribution in [-0.2, 0) is 4.74 Å². The van der Waals surface area contributed by atoms with Gasteiger partial charge in [0.05, 0.1) is 13.2 Å². The molecule has 0 bridgehead atoms. The lowest BCUT2D eigenvalue weighted by Crippen LogP contribution is -2.43. The molecule has 4 nitrogen and oxygen atoms in total. The fourth-order valence-electron chi connectivity index (χ4n) is 2.01. The van der Waals surface area contributed by atoms with Crippen LogP contribution in [0.25, 0.3) is 0 Å². The topological polar surface area (TPSA) is 41.7 Å². The molecule has 0 atom stereocenters.